The van der Waals surface area contributed by atoms with Crippen LogP contribution in [0.1, 0.15) is 39.2 Å². The molecule has 1 saturated heterocycles. The van der Waals surface area contributed by atoms with E-state index < -0.39 is 27.7 Å². The second-order valence-electron chi connectivity index (χ2n) is 8.15. The molecule has 2 rings (SSSR count). The highest BCUT2D eigenvalue weighted by Crippen LogP contribution is 2.21. The second-order valence-corrected chi connectivity index (χ2v) is 10.1. The topological polar surface area (TPSA) is 93.2 Å². The predicted molar refractivity (Wildman–Crippen MR) is 109 cm³/mol. The maximum atomic E-state index is 12.7. The molecule has 0 aliphatic carbocycles. The van der Waals surface area contributed by atoms with Crippen LogP contribution in [-0.4, -0.2) is 67.2 Å². The lowest BCUT2D eigenvalue weighted by Crippen LogP contribution is -2.51. The summed E-state index contributed by atoms with van der Waals surface area (Å²) in [6.07, 6.45) is 1.42. The second kappa shape index (κ2) is 9.58. The van der Waals surface area contributed by atoms with E-state index in [9.17, 15) is 18.0 Å². The van der Waals surface area contributed by atoms with E-state index in [4.69, 9.17) is 9.47 Å². The third kappa shape index (κ3) is 7.66. The van der Waals surface area contributed by atoms with Crippen molar-refractivity contribution in [1.82, 2.24) is 9.21 Å². The number of benzene rings is 1. The average molecular weight is 427 g/mol. The van der Waals surface area contributed by atoms with E-state index >= 15 is 0 Å². The maximum absolute atomic E-state index is 12.7. The summed E-state index contributed by atoms with van der Waals surface area (Å²) >= 11 is 0. The van der Waals surface area contributed by atoms with Crippen molar-refractivity contribution in [3.63, 3.8) is 0 Å². The van der Waals surface area contributed by atoms with Crippen LogP contribution in [0.3, 0.4) is 0 Å². The Bertz CT molecular complexity index is 796. The average Bonchev–Trinajstić information content (AvgIpc) is 2.63. The van der Waals surface area contributed by atoms with Crippen molar-refractivity contribution in [2.75, 3.05) is 25.9 Å². The highest BCUT2D eigenvalue weighted by Gasteiger charge is 2.34. The summed E-state index contributed by atoms with van der Waals surface area (Å²) in [4.78, 5) is 26.5. The van der Waals surface area contributed by atoms with Crippen molar-refractivity contribution in [2.24, 2.45) is 0 Å². The predicted octanol–water partition coefficient (Wildman–Crippen LogP) is 2.39. The first-order valence-corrected chi connectivity index (χ1v) is 11.4. The number of piperidine rings is 1. The highest BCUT2D eigenvalue weighted by molar-refractivity contribution is 7.88. The summed E-state index contributed by atoms with van der Waals surface area (Å²) in [7, 11) is -3.28. The number of rotatable bonds is 6. The molecule has 1 heterocycles. The van der Waals surface area contributed by atoms with Crippen LogP contribution in [0.15, 0.2) is 30.3 Å². The number of carbonyl (C=O) groups excluding carboxylic acids is 2. The lowest BCUT2D eigenvalue weighted by Gasteiger charge is -2.37. The Labute approximate surface area is 172 Å². The standard InChI is InChI=1S/C20H30N2O6S/c1-20(2,3)28-19(24)22(17-10-12-21(13-11-17)29(4,25)26)14-18(23)27-15-16-8-6-5-7-9-16/h5-9,17H,10-15H2,1-4H3. The van der Waals surface area contributed by atoms with Gasteiger partial charge in [0.15, 0.2) is 0 Å². The maximum Gasteiger partial charge on any atom is 0.411 e. The molecule has 1 aromatic rings. The molecule has 0 atom stereocenters. The van der Waals surface area contributed by atoms with E-state index in [1.54, 1.807) is 20.8 Å². The molecule has 1 fully saturated rings. The fourth-order valence-electron chi connectivity index (χ4n) is 3.07. The molecule has 29 heavy (non-hydrogen) atoms. The summed E-state index contributed by atoms with van der Waals surface area (Å²) in [5.74, 6) is -0.537. The molecular formula is C20H30N2O6S. The fraction of sp³-hybridized carbons (Fsp3) is 0.600. The molecule has 8 nitrogen and oxygen atoms in total. The molecule has 0 saturated carbocycles. The van der Waals surface area contributed by atoms with Gasteiger partial charge in [0, 0.05) is 19.1 Å². The van der Waals surface area contributed by atoms with Crippen molar-refractivity contribution in [2.45, 2.75) is 51.9 Å². The van der Waals surface area contributed by atoms with Crippen molar-refractivity contribution >= 4 is 22.1 Å². The van der Waals surface area contributed by atoms with E-state index in [2.05, 4.69) is 0 Å². The van der Waals surface area contributed by atoms with Crippen molar-refractivity contribution in [1.29, 1.82) is 0 Å². The van der Waals surface area contributed by atoms with Crippen LogP contribution in [0.5, 0.6) is 0 Å². The lowest BCUT2D eigenvalue weighted by molar-refractivity contribution is -0.147. The number of amides is 1. The zero-order valence-corrected chi connectivity index (χ0v) is 18.3. The molecule has 162 valence electrons. The van der Waals surface area contributed by atoms with Crippen molar-refractivity contribution in [3.8, 4) is 0 Å². The molecule has 1 aliphatic rings. The summed E-state index contributed by atoms with van der Waals surface area (Å²) in [6.45, 7) is 5.72. The van der Waals surface area contributed by atoms with Gasteiger partial charge in [0.2, 0.25) is 10.0 Å². The molecule has 1 aliphatic heterocycles. The highest BCUT2D eigenvalue weighted by atomic mass is 32.2. The number of carbonyl (C=O) groups is 2. The van der Waals surface area contributed by atoms with Gasteiger partial charge in [0.1, 0.15) is 18.8 Å². The van der Waals surface area contributed by atoms with E-state index in [1.165, 1.54) is 15.5 Å². The Kier molecular flexibility index (Phi) is 7.65. The Hall–Kier alpha value is -2.13. The van der Waals surface area contributed by atoms with Crippen molar-refractivity contribution < 1.29 is 27.5 Å². The van der Waals surface area contributed by atoms with Crippen LogP contribution in [0.4, 0.5) is 4.79 Å². The normalized spacial score (nSPS) is 16.3. The van der Waals surface area contributed by atoms with Gasteiger partial charge in [-0.3, -0.25) is 9.69 Å². The van der Waals surface area contributed by atoms with Gasteiger partial charge < -0.3 is 9.47 Å². The molecule has 1 aromatic carbocycles. The molecule has 1 amide bonds. The quantitative estimate of drug-likeness (QED) is 0.649. The molecule has 0 radical (unpaired) electrons. The van der Waals surface area contributed by atoms with Gasteiger partial charge in [-0.05, 0) is 39.2 Å². The van der Waals surface area contributed by atoms with Crippen LogP contribution in [0.25, 0.3) is 0 Å². The third-order valence-electron chi connectivity index (χ3n) is 4.50. The van der Waals surface area contributed by atoms with E-state index in [1.807, 2.05) is 30.3 Å². The monoisotopic (exact) mass is 426 g/mol. The van der Waals surface area contributed by atoms with E-state index in [0.29, 0.717) is 25.9 Å². The number of hydrogen-bond donors (Lipinski definition) is 0. The Balaban J connectivity index is 2.03. The molecule has 0 N–H and O–H groups in total. The van der Waals surface area contributed by atoms with Gasteiger partial charge >= 0.3 is 12.1 Å². The number of sulfonamides is 1. The molecular weight excluding hydrogens is 396 g/mol. The van der Waals surface area contributed by atoms with Crippen molar-refractivity contribution in [3.05, 3.63) is 35.9 Å². The molecule has 0 bridgehead atoms. The third-order valence-corrected chi connectivity index (χ3v) is 5.81. The first kappa shape index (κ1) is 23.2. The number of hydrogen-bond acceptors (Lipinski definition) is 6. The van der Waals surface area contributed by atoms with Crippen LogP contribution < -0.4 is 0 Å². The lowest BCUT2D eigenvalue weighted by atomic mass is 10.1. The van der Waals surface area contributed by atoms with Gasteiger partial charge in [0.05, 0.1) is 6.26 Å². The molecule has 0 unspecified atom stereocenters. The van der Waals surface area contributed by atoms with Crippen LogP contribution in [0, 0.1) is 0 Å². The smallest absolute Gasteiger partial charge is 0.411 e. The molecule has 9 heteroatoms. The van der Waals surface area contributed by atoms with E-state index in [-0.39, 0.29) is 19.2 Å². The number of esters is 1. The Morgan fingerprint density at radius 2 is 1.72 bits per heavy atom. The van der Waals surface area contributed by atoms with Gasteiger partial charge in [-0.1, -0.05) is 30.3 Å². The zero-order valence-electron chi connectivity index (χ0n) is 17.5. The van der Waals surface area contributed by atoms with Crippen LogP contribution in [0.2, 0.25) is 0 Å². The SMILES string of the molecule is CC(C)(C)OC(=O)N(CC(=O)OCc1ccccc1)C1CCN(S(C)(=O)=O)CC1. The molecule has 0 spiro atoms. The summed E-state index contributed by atoms with van der Waals surface area (Å²) in [5, 5.41) is 0. The summed E-state index contributed by atoms with van der Waals surface area (Å²) < 4.78 is 35.6. The van der Waals surface area contributed by atoms with Gasteiger partial charge in [-0.15, -0.1) is 0 Å². The summed E-state index contributed by atoms with van der Waals surface area (Å²) in [5.41, 5.74) is 0.141. The van der Waals surface area contributed by atoms with Gasteiger partial charge in [-0.25, -0.2) is 17.5 Å². The Morgan fingerprint density at radius 1 is 1.14 bits per heavy atom. The number of ether oxygens (including phenoxy) is 2. The zero-order chi connectivity index (χ0) is 21.7. The largest absolute Gasteiger partial charge is 0.459 e. The van der Waals surface area contributed by atoms with Crippen LogP contribution in [-0.2, 0) is 30.9 Å². The van der Waals surface area contributed by atoms with Crippen LogP contribution >= 0.6 is 0 Å². The number of nitrogens with zero attached hydrogens (tertiary/aromatic N) is 2. The van der Waals surface area contributed by atoms with Gasteiger partial charge in [-0.2, -0.15) is 0 Å². The minimum absolute atomic E-state index is 0.119. The minimum atomic E-state index is -3.28. The van der Waals surface area contributed by atoms with Gasteiger partial charge in [0.25, 0.3) is 0 Å². The Morgan fingerprint density at radius 3 is 2.24 bits per heavy atom. The summed E-state index contributed by atoms with van der Waals surface area (Å²) in [6, 6.07) is 8.97. The first-order chi connectivity index (χ1) is 13.5. The first-order valence-electron chi connectivity index (χ1n) is 9.60. The fourth-order valence-corrected chi connectivity index (χ4v) is 3.95. The minimum Gasteiger partial charge on any atom is -0.459 e. The molecule has 0 aromatic heterocycles. The van der Waals surface area contributed by atoms with E-state index in [0.717, 1.165) is 5.56 Å².